The van der Waals surface area contributed by atoms with E-state index in [2.05, 4.69) is 31.6 Å². The topological polar surface area (TPSA) is 76.4 Å². The fourth-order valence-corrected chi connectivity index (χ4v) is 2.31. The number of nitrogens with one attached hydrogen (secondary N) is 2. The second-order valence-corrected chi connectivity index (χ2v) is 4.89. The van der Waals surface area contributed by atoms with E-state index in [4.69, 9.17) is 11.2 Å². The van der Waals surface area contributed by atoms with Crippen molar-refractivity contribution in [3.8, 4) is 12.3 Å². The first-order chi connectivity index (χ1) is 10.3. The molecule has 1 aromatic rings. The zero-order valence-electron chi connectivity index (χ0n) is 12.6. The Balaban J connectivity index is 1.90. The number of aromatic nitrogens is 3. The molecule has 1 unspecified atom stereocenters. The summed E-state index contributed by atoms with van der Waals surface area (Å²) in [6, 6.07) is 0.284. The van der Waals surface area contributed by atoms with Crippen LogP contribution in [0.4, 0.5) is 0 Å². The highest BCUT2D eigenvalue weighted by Crippen LogP contribution is 2.13. The first-order valence-electron chi connectivity index (χ1n) is 7.09. The van der Waals surface area contributed by atoms with Crippen molar-refractivity contribution in [1.82, 2.24) is 25.4 Å². The maximum Gasteiger partial charge on any atom is 0.191 e. The van der Waals surface area contributed by atoms with Crippen LogP contribution in [0.3, 0.4) is 0 Å². The highest BCUT2D eigenvalue weighted by molar-refractivity contribution is 5.79. The molecule has 0 spiro atoms. The summed E-state index contributed by atoms with van der Waals surface area (Å²) in [4.78, 5) is 8.67. The predicted octanol–water partition coefficient (Wildman–Crippen LogP) is -0.0724. The molecular weight excluding hydrogens is 268 g/mol. The van der Waals surface area contributed by atoms with E-state index in [-0.39, 0.29) is 6.04 Å². The van der Waals surface area contributed by atoms with Crippen LogP contribution >= 0.6 is 0 Å². The monoisotopic (exact) mass is 290 g/mol. The number of rotatable bonds is 5. The van der Waals surface area contributed by atoms with E-state index in [1.165, 1.54) is 0 Å². The Morgan fingerprint density at radius 1 is 1.62 bits per heavy atom. The molecule has 0 aromatic carbocycles. The van der Waals surface area contributed by atoms with Gasteiger partial charge in [0.15, 0.2) is 11.8 Å². The predicted molar refractivity (Wildman–Crippen MR) is 80.8 cm³/mol. The molecule has 0 amide bonds. The molecule has 1 atom stereocenters. The Morgan fingerprint density at radius 3 is 3.19 bits per heavy atom. The largest absolute Gasteiger partial charge is 0.377 e. The molecule has 21 heavy (non-hydrogen) atoms. The molecule has 2 N–H and O–H groups in total. The quantitative estimate of drug-likeness (QED) is 0.343. The van der Waals surface area contributed by atoms with Gasteiger partial charge in [-0.25, -0.2) is 9.67 Å². The van der Waals surface area contributed by atoms with Crippen LogP contribution in [0.5, 0.6) is 0 Å². The van der Waals surface area contributed by atoms with Crippen molar-refractivity contribution < 1.29 is 4.74 Å². The average Bonchev–Trinajstić information content (AvgIpc) is 2.88. The van der Waals surface area contributed by atoms with Crippen LogP contribution in [-0.2, 0) is 24.3 Å². The van der Waals surface area contributed by atoms with E-state index in [9.17, 15) is 0 Å². The van der Waals surface area contributed by atoms with E-state index in [0.717, 1.165) is 43.5 Å². The fraction of sp³-hybridized carbons (Fsp3) is 0.643. The number of nitrogens with zero attached hydrogens (tertiary/aromatic N) is 4. The number of methoxy groups -OCH3 is 1. The Kier molecular flexibility index (Phi) is 5.58. The fourth-order valence-electron chi connectivity index (χ4n) is 2.31. The molecule has 114 valence electrons. The van der Waals surface area contributed by atoms with E-state index in [1.807, 2.05) is 4.68 Å². The molecule has 7 nitrogen and oxygen atoms in total. The first kappa shape index (κ1) is 15.3. The Bertz CT molecular complexity index is 530. The Morgan fingerprint density at radius 2 is 2.48 bits per heavy atom. The van der Waals surface area contributed by atoms with E-state index >= 15 is 0 Å². The van der Waals surface area contributed by atoms with Crippen LogP contribution in [0.15, 0.2) is 4.99 Å². The van der Waals surface area contributed by atoms with Crippen LogP contribution in [0.25, 0.3) is 0 Å². The molecule has 7 heteroatoms. The Hall–Kier alpha value is -2.07. The third kappa shape index (κ3) is 4.20. The van der Waals surface area contributed by atoms with Gasteiger partial charge in [0, 0.05) is 39.6 Å². The van der Waals surface area contributed by atoms with Gasteiger partial charge in [-0.2, -0.15) is 5.10 Å². The highest BCUT2D eigenvalue weighted by Gasteiger charge is 2.22. The molecule has 0 aliphatic carbocycles. The summed E-state index contributed by atoms with van der Waals surface area (Å²) >= 11 is 0. The van der Waals surface area contributed by atoms with Gasteiger partial charge in [-0.1, -0.05) is 0 Å². The zero-order valence-corrected chi connectivity index (χ0v) is 12.6. The van der Waals surface area contributed by atoms with Crippen LogP contribution in [0.2, 0.25) is 0 Å². The highest BCUT2D eigenvalue weighted by atomic mass is 16.5. The maximum absolute atomic E-state index is 5.24. The molecule has 1 aliphatic rings. The molecular formula is C14H22N6O. The molecule has 0 saturated heterocycles. The summed E-state index contributed by atoms with van der Waals surface area (Å²) in [5.41, 5.74) is 0. The van der Waals surface area contributed by atoms with Crippen molar-refractivity contribution >= 4 is 5.96 Å². The van der Waals surface area contributed by atoms with E-state index in [1.54, 1.807) is 14.2 Å². The first-order valence-corrected chi connectivity index (χ1v) is 7.09. The van der Waals surface area contributed by atoms with Crippen molar-refractivity contribution in [2.75, 3.05) is 20.7 Å². The second-order valence-electron chi connectivity index (χ2n) is 4.89. The smallest absolute Gasteiger partial charge is 0.191 e. The standard InChI is InChI=1S/C14H22N6O/c1-4-5-8-16-14(15-2)17-11-6-7-13-18-12(10-21-3)19-20(13)9-11/h1,11H,5-10H2,2-3H3,(H2,15,16,17). The van der Waals surface area contributed by atoms with Gasteiger partial charge in [-0.3, -0.25) is 4.99 Å². The summed E-state index contributed by atoms with van der Waals surface area (Å²) in [6.45, 7) is 1.95. The molecule has 1 aliphatic heterocycles. The molecule has 0 bridgehead atoms. The van der Waals surface area contributed by atoms with Gasteiger partial charge in [0.25, 0.3) is 0 Å². The van der Waals surface area contributed by atoms with Crippen LogP contribution in [-0.4, -0.2) is 47.5 Å². The summed E-state index contributed by atoms with van der Waals surface area (Å²) in [7, 11) is 3.40. The number of fused-ring (bicyclic) bond motifs is 1. The molecule has 0 radical (unpaired) electrons. The van der Waals surface area contributed by atoms with Crippen molar-refractivity contribution in [2.45, 2.75) is 38.5 Å². The third-order valence-corrected chi connectivity index (χ3v) is 3.30. The van der Waals surface area contributed by atoms with E-state index < -0.39 is 0 Å². The maximum atomic E-state index is 5.24. The minimum atomic E-state index is 0.284. The number of ether oxygens (including phenoxy) is 1. The van der Waals surface area contributed by atoms with Gasteiger partial charge in [0.2, 0.25) is 0 Å². The van der Waals surface area contributed by atoms with Crippen molar-refractivity contribution in [1.29, 1.82) is 0 Å². The zero-order chi connectivity index (χ0) is 15.1. The SMILES string of the molecule is C#CCCNC(=NC)NC1CCc2nc(COC)nn2C1. The lowest BCUT2D eigenvalue weighted by Crippen LogP contribution is -2.47. The number of hydrogen-bond acceptors (Lipinski definition) is 4. The van der Waals surface area contributed by atoms with Crippen LogP contribution in [0.1, 0.15) is 24.5 Å². The van der Waals surface area contributed by atoms with Gasteiger partial charge in [-0.15, -0.1) is 12.3 Å². The lowest BCUT2D eigenvalue weighted by molar-refractivity contribution is 0.177. The molecule has 0 fully saturated rings. The summed E-state index contributed by atoms with van der Waals surface area (Å²) in [6.07, 6.45) is 7.82. The summed E-state index contributed by atoms with van der Waals surface area (Å²) < 4.78 is 7.02. The minimum Gasteiger partial charge on any atom is -0.377 e. The minimum absolute atomic E-state index is 0.284. The third-order valence-electron chi connectivity index (χ3n) is 3.30. The van der Waals surface area contributed by atoms with Gasteiger partial charge in [0.1, 0.15) is 12.4 Å². The van der Waals surface area contributed by atoms with Crippen molar-refractivity contribution in [3.05, 3.63) is 11.6 Å². The number of terminal acetylenes is 1. The van der Waals surface area contributed by atoms with Gasteiger partial charge in [0.05, 0.1) is 6.54 Å². The van der Waals surface area contributed by atoms with Gasteiger partial charge in [-0.05, 0) is 6.42 Å². The molecule has 1 aromatic heterocycles. The normalized spacial score (nSPS) is 18.0. The number of hydrogen-bond donors (Lipinski definition) is 2. The molecule has 2 rings (SSSR count). The second kappa shape index (κ2) is 7.64. The summed E-state index contributed by atoms with van der Waals surface area (Å²) in [5, 5.41) is 11.0. The van der Waals surface area contributed by atoms with Crippen LogP contribution in [0, 0.1) is 12.3 Å². The number of guanidine groups is 1. The summed E-state index contributed by atoms with van der Waals surface area (Å²) in [5.74, 6) is 5.14. The molecule has 0 saturated carbocycles. The van der Waals surface area contributed by atoms with E-state index in [0.29, 0.717) is 13.0 Å². The lowest BCUT2D eigenvalue weighted by atomic mass is 10.1. The number of aryl methyl sites for hydroxylation is 1. The van der Waals surface area contributed by atoms with Gasteiger partial charge < -0.3 is 15.4 Å². The Labute approximate surface area is 125 Å². The van der Waals surface area contributed by atoms with Crippen molar-refractivity contribution in [2.24, 2.45) is 4.99 Å². The van der Waals surface area contributed by atoms with Crippen LogP contribution < -0.4 is 10.6 Å². The van der Waals surface area contributed by atoms with Gasteiger partial charge >= 0.3 is 0 Å². The average molecular weight is 290 g/mol. The molecule has 2 heterocycles. The van der Waals surface area contributed by atoms with Crippen molar-refractivity contribution in [3.63, 3.8) is 0 Å². The number of aliphatic imine (C=N–C) groups is 1. The lowest BCUT2D eigenvalue weighted by Gasteiger charge is -2.25.